The van der Waals surface area contributed by atoms with Gasteiger partial charge >= 0.3 is 39.2 Å². The molecule has 200 valence electrons. The summed E-state index contributed by atoms with van der Waals surface area (Å²) in [4.78, 5) is 24.9. The van der Waals surface area contributed by atoms with E-state index >= 15 is 0 Å². The number of halogens is 9. The van der Waals surface area contributed by atoms with E-state index in [1.54, 1.807) is 37.3 Å². The predicted octanol–water partition coefficient (Wildman–Crippen LogP) is 3.23. The van der Waals surface area contributed by atoms with Gasteiger partial charge in [0.15, 0.2) is 0 Å². The number of carbonyl (C=O) groups excluding carboxylic acids is 2. The third-order valence-corrected chi connectivity index (χ3v) is 5.75. The first kappa shape index (κ1) is 30.3. The van der Waals surface area contributed by atoms with Crippen molar-refractivity contribution < 1.29 is 57.5 Å². The fourth-order valence-electron chi connectivity index (χ4n) is 2.67. The lowest BCUT2D eigenvalue weighted by Crippen LogP contribution is -2.66. The monoisotopic (exact) mass is 545 g/mol. The highest BCUT2D eigenvalue weighted by molar-refractivity contribution is 7.90. The van der Waals surface area contributed by atoms with Crippen LogP contribution in [0.1, 0.15) is 13.8 Å². The van der Waals surface area contributed by atoms with Crippen molar-refractivity contribution in [3.8, 4) is 0 Å². The SMILES string of the molecule is CCN(CCN(CC)c1ccccc1)C(=O)C(F)(F)C(F)(F)C(F)(F)C(=O)NS(=O)(=O)C(F)(F)F. The van der Waals surface area contributed by atoms with Gasteiger partial charge in [0.2, 0.25) is 0 Å². The largest absolute Gasteiger partial charge is 0.516 e. The zero-order valence-corrected chi connectivity index (χ0v) is 18.9. The van der Waals surface area contributed by atoms with Crippen molar-refractivity contribution in [3.63, 3.8) is 0 Å². The van der Waals surface area contributed by atoms with Gasteiger partial charge in [0, 0.05) is 31.9 Å². The Hall–Kier alpha value is -2.72. The summed E-state index contributed by atoms with van der Waals surface area (Å²) in [6.45, 7) is 1.44. The lowest BCUT2D eigenvalue weighted by atomic mass is 10.0. The van der Waals surface area contributed by atoms with Crippen molar-refractivity contribution in [3.05, 3.63) is 30.3 Å². The summed E-state index contributed by atoms with van der Waals surface area (Å²) in [6, 6.07) is 8.14. The third kappa shape index (κ3) is 6.10. The molecule has 0 aliphatic rings. The lowest BCUT2D eigenvalue weighted by Gasteiger charge is -2.34. The fourth-order valence-corrected chi connectivity index (χ4v) is 3.16. The molecule has 0 saturated heterocycles. The maximum absolute atomic E-state index is 14.3. The average molecular weight is 545 g/mol. The molecular weight excluding hydrogens is 525 g/mol. The van der Waals surface area contributed by atoms with Crippen molar-refractivity contribution in [2.45, 2.75) is 37.1 Å². The predicted molar refractivity (Wildman–Crippen MR) is 105 cm³/mol. The zero-order valence-electron chi connectivity index (χ0n) is 18.1. The number of likely N-dealkylation sites (N-methyl/N-ethyl adjacent to an activating group) is 2. The van der Waals surface area contributed by atoms with Crippen LogP contribution in [0.25, 0.3) is 0 Å². The number of anilines is 1. The molecule has 1 aromatic carbocycles. The highest BCUT2D eigenvalue weighted by atomic mass is 32.2. The Kier molecular flexibility index (Phi) is 9.09. The van der Waals surface area contributed by atoms with E-state index in [1.165, 1.54) is 4.90 Å². The summed E-state index contributed by atoms with van der Waals surface area (Å²) >= 11 is 0. The molecule has 35 heavy (non-hydrogen) atoms. The van der Waals surface area contributed by atoms with Crippen LogP contribution in [0.15, 0.2) is 30.3 Å². The molecule has 0 aliphatic carbocycles. The molecular formula is C18H20F9N3O4S. The van der Waals surface area contributed by atoms with Crippen LogP contribution in [-0.4, -0.2) is 74.6 Å². The Morgan fingerprint density at radius 1 is 0.829 bits per heavy atom. The molecule has 1 N–H and O–H groups in total. The number of nitrogens with zero attached hydrogens (tertiary/aromatic N) is 2. The lowest BCUT2D eigenvalue weighted by molar-refractivity contribution is -0.289. The van der Waals surface area contributed by atoms with E-state index in [-0.39, 0.29) is 18.0 Å². The molecule has 0 radical (unpaired) electrons. The first-order valence-corrected chi connectivity index (χ1v) is 11.1. The van der Waals surface area contributed by atoms with E-state index in [4.69, 9.17) is 0 Å². The van der Waals surface area contributed by atoms with E-state index in [0.29, 0.717) is 5.69 Å². The van der Waals surface area contributed by atoms with Gasteiger partial charge in [-0.15, -0.1) is 0 Å². The van der Waals surface area contributed by atoms with Crippen LogP contribution < -0.4 is 9.62 Å². The maximum atomic E-state index is 14.3. The quantitative estimate of drug-likeness (QED) is 0.432. The molecule has 0 fully saturated rings. The molecule has 17 heteroatoms. The second-order valence-electron chi connectivity index (χ2n) is 6.90. The molecule has 0 atom stereocenters. The molecule has 0 bridgehead atoms. The molecule has 2 amide bonds. The number of nitrogens with one attached hydrogen (secondary N) is 1. The zero-order chi connectivity index (χ0) is 27.5. The van der Waals surface area contributed by atoms with Crippen molar-refractivity contribution in [1.29, 1.82) is 0 Å². The number of alkyl halides is 9. The van der Waals surface area contributed by atoms with Crippen LogP contribution in [-0.2, 0) is 19.6 Å². The number of rotatable bonds is 11. The number of amides is 2. The van der Waals surface area contributed by atoms with Crippen LogP contribution in [0.2, 0.25) is 0 Å². The maximum Gasteiger partial charge on any atom is 0.516 e. The van der Waals surface area contributed by atoms with E-state index in [1.807, 2.05) is 0 Å². The Morgan fingerprint density at radius 3 is 1.77 bits per heavy atom. The van der Waals surface area contributed by atoms with Crippen LogP contribution in [0, 0.1) is 0 Å². The third-order valence-electron chi connectivity index (χ3n) is 4.69. The van der Waals surface area contributed by atoms with Gasteiger partial charge in [0.25, 0.3) is 5.91 Å². The minimum Gasteiger partial charge on any atom is -0.370 e. The van der Waals surface area contributed by atoms with Crippen molar-refractivity contribution in [2.75, 3.05) is 31.1 Å². The normalized spacial score (nSPS) is 13.3. The molecule has 1 aromatic rings. The first-order valence-electron chi connectivity index (χ1n) is 9.64. The minimum atomic E-state index is -6.93. The van der Waals surface area contributed by atoms with Gasteiger partial charge in [-0.3, -0.25) is 9.59 Å². The molecule has 0 unspecified atom stereocenters. The number of benzene rings is 1. The number of sulfonamides is 1. The molecule has 1 rings (SSSR count). The van der Waals surface area contributed by atoms with Crippen molar-refractivity contribution in [2.24, 2.45) is 0 Å². The van der Waals surface area contributed by atoms with Gasteiger partial charge in [0.1, 0.15) is 0 Å². The fraction of sp³-hybridized carbons (Fsp3) is 0.556. The Bertz CT molecular complexity index is 1000. The van der Waals surface area contributed by atoms with Gasteiger partial charge in [0.05, 0.1) is 0 Å². The molecule has 0 aliphatic heterocycles. The summed E-state index contributed by atoms with van der Waals surface area (Å²) < 4.78 is 142. The molecule has 0 spiro atoms. The molecule has 0 aromatic heterocycles. The molecule has 0 heterocycles. The second kappa shape index (κ2) is 10.5. The van der Waals surface area contributed by atoms with Crippen LogP contribution in [0.5, 0.6) is 0 Å². The van der Waals surface area contributed by atoms with E-state index in [9.17, 15) is 57.5 Å². The summed E-state index contributed by atoms with van der Waals surface area (Å²) in [5.41, 5.74) is -5.83. The highest BCUT2D eigenvalue weighted by Gasteiger charge is 2.78. The van der Waals surface area contributed by atoms with Crippen LogP contribution in [0.3, 0.4) is 0 Å². The Morgan fingerprint density at radius 2 is 1.34 bits per heavy atom. The topological polar surface area (TPSA) is 86.8 Å². The van der Waals surface area contributed by atoms with Gasteiger partial charge in [-0.1, -0.05) is 18.2 Å². The van der Waals surface area contributed by atoms with E-state index < -0.39 is 62.9 Å². The standard InChI is InChI=1S/C18H20F9N3O4S/c1-3-29(12-8-6-5-7-9-12)10-11-30(4-2)14(32)16(21,22)17(23,24)15(19,20)13(31)28-35(33,34)18(25,26)27/h5-9H,3-4,10-11H2,1-2H3,(H,28,31). The Labute approximate surface area is 193 Å². The van der Waals surface area contributed by atoms with Gasteiger partial charge in [-0.2, -0.15) is 47.9 Å². The number of hydrogen-bond acceptors (Lipinski definition) is 5. The van der Waals surface area contributed by atoms with Crippen molar-refractivity contribution in [1.82, 2.24) is 9.62 Å². The second-order valence-corrected chi connectivity index (χ2v) is 8.58. The number of carbonyl (C=O) groups is 2. The van der Waals surface area contributed by atoms with Crippen LogP contribution >= 0.6 is 0 Å². The Balaban J connectivity index is 3.15. The van der Waals surface area contributed by atoms with E-state index in [2.05, 4.69) is 0 Å². The van der Waals surface area contributed by atoms with E-state index in [0.717, 1.165) is 6.92 Å². The van der Waals surface area contributed by atoms with Crippen LogP contribution in [0.4, 0.5) is 45.2 Å². The smallest absolute Gasteiger partial charge is 0.370 e. The van der Waals surface area contributed by atoms with Crippen molar-refractivity contribution >= 4 is 27.5 Å². The average Bonchev–Trinajstić information content (AvgIpc) is 2.75. The minimum absolute atomic E-state index is 0.0833. The molecule has 7 nitrogen and oxygen atoms in total. The summed E-state index contributed by atoms with van der Waals surface area (Å²) in [7, 11) is -6.93. The summed E-state index contributed by atoms with van der Waals surface area (Å²) in [5.74, 6) is -26.7. The first-order chi connectivity index (χ1) is 15.8. The van der Waals surface area contributed by atoms with Gasteiger partial charge < -0.3 is 9.80 Å². The molecule has 0 saturated carbocycles. The van der Waals surface area contributed by atoms with Gasteiger partial charge in [-0.05, 0) is 26.0 Å². The number of hydrogen-bond donors (Lipinski definition) is 1. The number of para-hydroxylation sites is 1. The van der Waals surface area contributed by atoms with Gasteiger partial charge in [-0.25, -0.2) is 4.72 Å². The summed E-state index contributed by atoms with van der Waals surface area (Å²) in [5, 5.41) is 0. The highest BCUT2D eigenvalue weighted by Crippen LogP contribution is 2.47. The summed E-state index contributed by atoms with van der Waals surface area (Å²) in [6.07, 6.45) is 0.